The van der Waals surface area contributed by atoms with Gasteiger partial charge in [0.05, 0.1) is 6.04 Å². The summed E-state index contributed by atoms with van der Waals surface area (Å²) >= 11 is 0. The summed E-state index contributed by atoms with van der Waals surface area (Å²) in [6.07, 6.45) is 3.64. The molecule has 1 aliphatic rings. The molecule has 0 amide bonds. The van der Waals surface area contributed by atoms with E-state index >= 15 is 0 Å². The fourth-order valence-electron chi connectivity index (χ4n) is 2.80. The van der Waals surface area contributed by atoms with E-state index in [1.807, 2.05) is 24.3 Å². The lowest BCUT2D eigenvalue weighted by molar-refractivity contribution is 0.313. The Kier molecular flexibility index (Phi) is 3.75. The van der Waals surface area contributed by atoms with Crippen LogP contribution in [0.1, 0.15) is 17.2 Å². The molecule has 0 aliphatic carbocycles. The molecule has 0 saturated carbocycles. The van der Waals surface area contributed by atoms with Crippen molar-refractivity contribution in [1.82, 2.24) is 9.29 Å². The van der Waals surface area contributed by atoms with Crippen molar-refractivity contribution < 1.29 is 8.42 Å². The Morgan fingerprint density at radius 3 is 2.76 bits per heavy atom. The number of hydrogen-bond donors (Lipinski definition) is 1. The highest BCUT2D eigenvalue weighted by Crippen LogP contribution is 2.33. The number of nitrogens with two attached hydrogens (primary N) is 1. The number of aromatic nitrogens is 1. The predicted octanol–water partition coefficient (Wildman–Crippen LogP) is 1.33. The molecular formula is C15H17N3O2S. The summed E-state index contributed by atoms with van der Waals surface area (Å²) < 4.78 is 27.1. The smallest absolute Gasteiger partial charge is 0.245 e. The number of sulfonamides is 1. The summed E-state index contributed by atoms with van der Waals surface area (Å²) in [5.41, 5.74) is 8.03. The summed E-state index contributed by atoms with van der Waals surface area (Å²) in [6.45, 7) is 0.701. The van der Waals surface area contributed by atoms with Gasteiger partial charge in [0.1, 0.15) is 4.90 Å². The maximum atomic E-state index is 12.8. The van der Waals surface area contributed by atoms with Crippen molar-refractivity contribution in [1.29, 1.82) is 0 Å². The first-order chi connectivity index (χ1) is 10.1. The molecule has 3 rings (SSSR count). The first kappa shape index (κ1) is 14.2. The van der Waals surface area contributed by atoms with Crippen molar-refractivity contribution in [2.24, 2.45) is 5.73 Å². The van der Waals surface area contributed by atoms with Gasteiger partial charge in [0, 0.05) is 25.5 Å². The van der Waals surface area contributed by atoms with Gasteiger partial charge in [-0.05, 0) is 29.7 Å². The number of benzene rings is 1. The quantitative estimate of drug-likeness (QED) is 0.928. The van der Waals surface area contributed by atoms with E-state index in [4.69, 9.17) is 5.73 Å². The molecule has 1 unspecified atom stereocenters. The Bertz CT molecular complexity index is 732. The number of hydrogen-bond acceptors (Lipinski definition) is 4. The minimum atomic E-state index is -3.58. The molecule has 21 heavy (non-hydrogen) atoms. The molecular weight excluding hydrogens is 286 g/mol. The molecule has 2 N–H and O–H groups in total. The van der Waals surface area contributed by atoms with Gasteiger partial charge in [0.2, 0.25) is 10.0 Å². The van der Waals surface area contributed by atoms with Crippen LogP contribution in [-0.2, 0) is 16.4 Å². The van der Waals surface area contributed by atoms with E-state index in [1.165, 1.54) is 16.1 Å². The second-order valence-electron chi connectivity index (χ2n) is 5.00. The third-order valence-corrected chi connectivity index (χ3v) is 5.72. The molecule has 0 fully saturated rings. The summed E-state index contributed by atoms with van der Waals surface area (Å²) in [7, 11) is -3.58. The third kappa shape index (κ3) is 2.46. The third-order valence-electron chi connectivity index (χ3n) is 3.83. The predicted molar refractivity (Wildman–Crippen MR) is 80.1 cm³/mol. The van der Waals surface area contributed by atoms with Crippen LogP contribution >= 0.6 is 0 Å². The van der Waals surface area contributed by atoms with Crippen LogP contribution in [0.4, 0.5) is 0 Å². The summed E-state index contributed by atoms with van der Waals surface area (Å²) in [6, 6.07) is 10.8. The first-order valence-corrected chi connectivity index (χ1v) is 8.28. The Labute approximate surface area is 124 Å². The van der Waals surface area contributed by atoms with Gasteiger partial charge in [-0.1, -0.05) is 24.3 Å². The van der Waals surface area contributed by atoms with E-state index in [9.17, 15) is 8.42 Å². The van der Waals surface area contributed by atoms with Crippen LogP contribution in [0.15, 0.2) is 53.7 Å². The Morgan fingerprint density at radius 1 is 1.24 bits per heavy atom. The zero-order chi connectivity index (χ0) is 14.9. The van der Waals surface area contributed by atoms with E-state index in [1.54, 1.807) is 18.3 Å². The van der Waals surface area contributed by atoms with Gasteiger partial charge in [-0.2, -0.15) is 4.31 Å². The molecule has 2 heterocycles. The molecule has 2 aromatic rings. The zero-order valence-electron chi connectivity index (χ0n) is 11.5. The minimum absolute atomic E-state index is 0.211. The normalized spacial score (nSPS) is 19.2. The van der Waals surface area contributed by atoms with Gasteiger partial charge in [-0.25, -0.2) is 8.42 Å². The molecule has 0 radical (unpaired) electrons. The number of rotatable bonds is 3. The second kappa shape index (κ2) is 5.55. The highest BCUT2D eigenvalue weighted by molar-refractivity contribution is 7.89. The molecule has 1 aromatic carbocycles. The van der Waals surface area contributed by atoms with Crippen LogP contribution in [0.2, 0.25) is 0 Å². The summed E-state index contributed by atoms with van der Waals surface area (Å²) in [5.74, 6) is 0. The van der Waals surface area contributed by atoms with Crippen molar-refractivity contribution in [3.8, 4) is 0 Å². The topological polar surface area (TPSA) is 76.3 Å². The summed E-state index contributed by atoms with van der Waals surface area (Å²) in [5, 5.41) is 0. The SMILES string of the molecule is NCC1c2ccccc2CCN1S(=O)(=O)c1cccnc1. The molecule has 1 aliphatic heterocycles. The Hall–Kier alpha value is -1.76. The van der Waals surface area contributed by atoms with E-state index in [2.05, 4.69) is 4.98 Å². The molecule has 0 saturated heterocycles. The Balaban J connectivity index is 2.04. The lowest BCUT2D eigenvalue weighted by atomic mass is 9.94. The van der Waals surface area contributed by atoms with Crippen LogP contribution in [-0.4, -0.2) is 30.8 Å². The van der Waals surface area contributed by atoms with Crippen molar-refractivity contribution in [3.63, 3.8) is 0 Å². The molecule has 0 bridgehead atoms. The summed E-state index contributed by atoms with van der Waals surface area (Å²) in [4.78, 5) is 4.11. The average molecular weight is 303 g/mol. The molecule has 1 aromatic heterocycles. The maximum absolute atomic E-state index is 12.8. The van der Waals surface area contributed by atoms with E-state index in [0.29, 0.717) is 13.0 Å². The van der Waals surface area contributed by atoms with Crippen molar-refractivity contribution >= 4 is 10.0 Å². The van der Waals surface area contributed by atoms with Gasteiger partial charge < -0.3 is 5.73 Å². The van der Waals surface area contributed by atoms with E-state index in [0.717, 1.165) is 5.56 Å². The fraction of sp³-hybridized carbons (Fsp3) is 0.267. The van der Waals surface area contributed by atoms with Crippen molar-refractivity contribution in [3.05, 3.63) is 59.9 Å². The van der Waals surface area contributed by atoms with Gasteiger partial charge in [0.25, 0.3) is 0 Å². The van der Waals surface area contributed by atoms with Gasteiger partial charge >= 0.3 is 0 Å². The number of nitrogens with zero attached hydrogens (tertiary/aromatic N) is 2. The van der Waals surface area contributed by atoms with Gasteiger partial charge in [-0.15, -0.1) is 0 Å². The Morgan fingerprint density at radius 2 is 2.05 bits per heavy atom. The highest BCUT2D eigenvalue weighted by Gasteiger charge is 2.35. The molecule has 0 spiro atoms. The lowest BCUT2D eigenvalue weighted by Gasteiger charge is -2.35. The van der Waals surface area contributed by atoms with Crippen molar-refractivity contribution in [2.45, 2.75) is 17.4 Å². The number of pyridine rings is 1. The van der Waals surface area contributed by atoms with Crippen LogP contribution in [0.3, 0.4) is 0 Å². The molecule has 5 nitrogen and oxygen atoms in total. The largest absolute Gasteiger partial charge is 0.329 e. The van der Waals surface area contributed by atoms with E-state index in [-0.39, 0.29) is 17.5 Å². The molecule has 110 valence electrons. The maximum Gasteiger partial charge on any atom is 0.245 e. The average Bonchev–Trinajstić information content (AvgIpc) is 2.54. The number of fused-ring (bicyclic) bond motifs is 1. The first-order valence-electron chi connectivity index (χ1n) is 6.84. The van der Waals surface area contributed by atoms with Crippen LogP contribution in [0, 0.1) is 0 Å². The molecule has 1 atom stereocenters. The van der Waals surface area contributed by atoms with Crippen LogP contribution in [0.5, 0.6) is 0 Å². The monoisotopic (exact) mass is 303 g/mol. The van der Waals surface area contributed by atoms with Crippen LogP contribution in [0.25, 0.3) is 0 Å². The second-order valence-corrected chi connectivity index (χ2v) is 6.90. The molecule has 6 heteroatoms. The minimum Gasteiger partial charge on any atom is -0.329 e. The van der Waals surface area contributed by atoms with Gasteiger partial charge in [-0.3, -0.25) is 4.98 Å². The van der Waals surface area contributed by atoms with E-state index < -0.39 is 10.0 Å². The fourth-order valence-corrected chi connectivity index (χ4v) is 4.38. The lowest BCUT2D eigenvalue weighted by Crippen LogP contribution is -2.43. The zero-order valence-corrected chi connectivity index (χ0v) is 12.3. The standard InChI is InChI=1S/C15H17N3O2S/c16-10-15-14-6-2-1-4-12(14)7-9-18(15)21(19,20)13-5-3-8-17-11-13/h1-6,8,11,15H,7,9-10,16H2. The van der Waals surface area contributed by atoms with Crippen LogP contribution < -0.4 is 5.73 Å². The highest BCUT2D eigenvalue weighted by atomic mass is 32.2. The van der Waals surface area contributed by atoms with Crippen molar-refractivity contribution in [2.75, 3.05) is 13.1 Å². The van der Waals surface area contributed by atoms with Gasteiger partial charge in [0.15, 0.2) is 0 Å².